The molecule has 0 saturated heterocycles. The number of amides is 1. The van der Waals surface area contributed by atoms with Crippen LogP contribution in [0.5, 0.6) is 0 Å². The molecule has 0 aliphatic rings. The highest BCUT2D eigenvalue weighted by atomic mass is 32.1. The molecule has 3 aromatic heterocycles. The van der Waals surface area contributed by atoms with Gasteiger partial charge in [-0.05, 0) is 18.6 Å². The van der Waals surface area contributed by atoms with Crippen molar-refractivity contribution < 1.29 is 9.32 Å². The Labute approximate surface area is 141 Å². The first-order chi connectivity index (χ1) is 11.7. The van der Waals surface area contributed by atoms with Gasteiger partial charge in [-0.1, -0.05) is 16.5 Å². The molecule has 0 bridgehead atoms. The topological polar surface area (TPSA) is 133 Å². The molecule has 0 aliphatic heterocycles. The number of carbonyl (C=O) groups is 1. The third-order valence-electron chi connectivity index (χ3n) is 3.10. The van der Waals surface area contributed by atoms with Crippen LogP contribution in [0.3, 0.4) is 0 Å². The third kappa shape index (κ3) is 4.32. The average molecular weight is 345 g/mol. The highest BCUT2D eigenvalue weighted by Crippen LogP contribution is 2.14. The van der Waals surface area contributed by atoms with Gasteiger partial charge in [0, 0.05) is 30.8 Å². The maximum atomic E-state index is 11.8. The van der Waals surface area contributed by atoms with Crippen LogP contribution in [0.15, 0.2) is 29.0 Å². The molecule has 0 unspecified atom stereocenters. The number of anilines is 1. The first-order valence-electron chi connectivity index (χ1n) is 7.28. The highest BCUT2D eigenvalue weighted by molar-refractivity contribution is 7.15. The summed E-state index contributed by atoms with van der Waals surface area (Å²) in [6.07, 6.45) is 4.85. The van der Waals surface area contributed by atoms with E-state index in [0.717, 1.165) is 5.56 Å². The van der Waals surface area contributed by atoms with Crippen molar-refractivity contribution in [2.45, 2.75) is 25.8 Å². The molecular formula is C14H15N7O2S. The van der Waals surface area contributed by atoms with Gasteiger partial charge < -0.3 is 15.6 Å². The Morgan fingerprint density at radius 1 is 1.38 bits per heavy atom. The van der Waals surface area contributed by atoms with Crippen molar-refractivity contribution in [1.82, 2.24) is 30.6 Å². The van der Waals surface area contributed by atoms with Crippen molar-refractivity contribution in [3.8, 4) is 11.4 Å². The highest BCUT2D eigenvalue weighted by Gasteiger charge is 2.10. The van der Waals surface area contributed by atoms with Gasteiger partial charge in [-0.3, -0.25) is 9.78 Å². The van der Waals surface area contributed by atoms with Gasteiger partial charge in [-0.2, -0.15) is 4.98 Å². The molecule has 3 N–H and O–H groups in total. The zero-order chi connectivity index (χ0) is 16.8. The van der Waals surface area contributed by atoms with Crippen molar-refractivity contribution in [3.63, 3.8) is 0 Å². The largest absolute Gasteiger partial charge is 0.374 e. The number of hydrogen-bond acceptors (Lipinski definition) is 9. The van der Waals surface area contributed by atoms with Gasteiger partial charge in [0.25, 0.3) is 0 Å². The lowest BCUT2D eigenvalue weighted by Crippen LogP contribution is -2.22. The van der Waals surface area contributed by atoms with Crippen LogP contribution in [0, 0.1) is 0 Å². The maximum Gasteiger partial charge on any atom is 0.226 e. The van der Waals surface area contributed by atoms with Gasteiger partial charge in [0.15, 0.2) is 0 Å². The predicted molar refractivity (Wildman–Crippen MR) is 86.6 cm³/mol. The first-order valence-corrected chi connectivity index (χ1v) is 8.10. The summed E-state index contributed by atoms with van der Waals surface area (Å²) < 4.78 is 5.18. The van der Waals surface area contributed by atoms with Crippen LogP contribution in [-0.2, 0) is 17.8 Å². The van der Waals surface area contributed by atoms with Crippen LogP contribution in [-0.4, -0.2) is 31.2 Å². The van der Waals surface area contributed by atoms with Crippen molar-refractivity contribution in [2.24, 2.45) is 0 Å². The second-order valence-electron chi connectivity index (χ2n) is 4.92. The summed E-state index contributed by atoms with van der Waals surface area (Å²) in [6.45, 7) is 0.333. The molecule has 0 fully saturated rings. The molecule has 9 nitrogen and oxygen atoms in total. The van der Waals surface area contributed by atoms with Crippen molar-refractivity contribution in [3.05, 3.63) is 35.4 Å². The number of nitrogens with one attached hydrogen (secondary N) is 1. The van der Waals surface area contributed by atoms with Crippen LogP contribution >= 0.6 is 11.3 Å². The van der Waals surface area contributed by atoms with Crippen LogP contribution in [0.4, 0.5) is 5.13 Å². The summed E-state index contributed by atoms with van der Waals surface area (Å²) in [5, 5.41) is 15.3. The van der Waals surface area contributed by atoms with Crippen LogP contribution in [0.2, 0.25) is 0 Å². The molecule has 124 valence electrons. The lowest BCUT2D eigenvalue weighted by atomic mass is 10.2. The molecule has 3 rings (SSSR count). The molecule has 0 atom stereocenters. The molecule has 0 aliphatic carbocycles. The van der Waals surface area contributed by atoms with E-state index >= 15 is 0 Å². The van der Waals surface area contributed by atoms with E-state index in [0.29, 0.717) is 47.7 Å². The van der Waals surface area contributed by atoms with E-state index in [1.165, 1.54) is 11.3 Å². The van der Waals surface area contributed by atoms with E-state index in [2.05, 4.69) is 30.6 Å². The molecule has 0 radical (unpaired) electrons. The zero-order valence-corrected chi connectivity index (χ0v) is 13.5. The fraction of sp³-hybridized carbons (Fsp3) is 0.286. The SMILES string of the molecule is Nc1nnc(CNC(=O)CCCc2nc(-c3cccnc3)no2)s1. The number of nitrogen functional groups attached to an aromatic ring is 1. The summed E-state index contributed by atoms with van der Waals surface area (Å²) in [5.74, 6) is 0.922. The maximum absolute atomic E-state index is 11.8. The van der Waals surface area contributed by atoms with Gasteiger partial charge in [-0.25, -0.2) is 0 Å². The third-order valence-corrected chi connectivity index (χ3v) is 3.85. The molecule has 0 spiro atoms. The molecule has 3 aromatic rings. The standard InChI is InChI=1S/C14H15N7O2S/c15-14-20-19-12(24-14)8-17-10(22)4-1-5-11-18-13(21-23-11)9-3-2-6-16-7-9/h2-3,6-7H,1,4-5,8H2,(H2,15,20)(H,17,22). The van der Waals surface area contributed by atoms with Gasteiger partial charge in [0.1, 0.15) is 5.01 Å². The van der Waals surface area contributed by atoms with Crippen LogP contribution in [0.1, 0.15) is 23.7 Å². The molecule has 1 amide bonds. The van der Waals surface area contributed by atoms with Gasteiger partial charge in [0.2, 0.25) is 22.8 Å². The van der Waals surface area contributed by atoms with E-state index < -0.39 is 0 Å². The van der Waals surface area contributed by atoms with Crippen molar-refractivity contribution >= 4 is 22.4 Å². The number of pyridine rings is 1. The summed E-state index contributed by atoms with van der Waals surface area (Å²) in [4.78, 5) is 20.1. The van der Waals surface area contributed by atoms with Gasteiger partial charge in [-0.15, -0.1) is 10.2 Å². The van der Waals surface area contributed by atoms with Crippen molar-refractivity contribution in [2.75, 3.05) is 5.73 Å². The fourth-order valence-electron chi connectivity index (χ4n) is 1.97. The summed E-state index contributed by atoms with van der Waals surface area (Å²) in [5.41, 5.74) is 6.27. The Hall–Kier alpha value is -2.88. The lowest BCUT2D eigenvalue weighted by molar-refractivity contribution is -0.121. The smallest absolute Gasteiger partial charge is 0.226 e. The van der Waals surface area contributed by atoms with Gasteiger partial charge in [0.05, 0.1) is 6.54 Å². The fourth-order valence-corrected chi connectivity index (χ4v) is 2.52. The summed E-state index contributed by atoms with van der Waals surface area (Å²) in [6, 6.07) is 3.66. The molecule has 10 heteroatoms. The number of aromatic nitrogens is 5. The average Bonchev–Trinajstić information content (AvgIpc) is 3.23. The zero-order valence-electron chi connectivity index (χ0n) is 12.7. The van der Waals surface area contributed by atoms with Crippen molar-refractivity contribution in [1.29, 1.82) is 0 Å². The van der Waals surface area contributed by atoms with Gasteiger partial charge >= 0.3 is 0 Å². The molecule has 24 heavy (non-hydrogen) atoms. The molecular weight excluding hydrogens is 330 g/mol. The number of carbonyl (C=O) groups excluding carboxylic acids is 1. The van der Waals surface area contributed by atoms with Crippen LogP contribution in [0.25, 0.3) is 11.4 Å². The number of nitrogens with two attached hydrogens (primary N) is 1. The molecule has 0 saturated carbocycles. The monoisotopic (exact) mass is 345 g/mol. The second kappa shape index (κ2) is 7.59. The molecule has 3 heterocycles. The number of hydrogen-bond donors (Lipinski definition) is 2. The van der Waals surface area contributed by atoms with E-state index in [1.54, 1.807) is 18.5 Å². The summed E-state index contributed by atoms with van der Waals surface area (Å²) >= 11 is 1.25. The minimum Gasteiger partial charge on any atom is -0.374 e. The Balaban J connectivity index is 1.41. The quantitative estimate of drug-likeness (QED) is 0.652. The number of rotatable bonds is 7. The normalized spacial score (nSPS) is 10.7. The first kappa shape index (κ1) is 16.0. The van der Waals surface area contributed by atoms with E-state index in [4.69, 9.17) is 10.3 Å². The second-order valence-corrected chi connectivity index (χ2v) is 6.01. The Morgan fingerprint density at radius 2 is 2.29 bits per heavy atom. The lowest BCUT2D eigenvalue weighted by Gasteiger charge is -2.01. The minimum atomic E-state index is -0.0734. The molecule has 0 aromatic carbocycles. The predicted octanol–water partition coefficient (Wildman–Crippen LogP) is 1.20. The number of nitrogens with zero attached hydrogens (tertiary/aromatic N) is 5. The number of aryl methyl sites for hydroxylation is 1. The van der Waals surface area contributed by atoms with Crippen LogP contribution < -0.4 is 11.1 Å². The summed E-state index contributed by atoms with van der Waals surface area (Å²) in [7, 11) is 0. The Kier molecular flexibility index (Phi) is 5.06. The van der Waals surface area contributed by atoms with E-state index in [1.807, 2.05) is 6.07 Å². The Bertz CT molecular complexity index is 802. The van der Waals surface area contributed by atoms with E-state index in [9.17, 15) is 4.79 Å². The minimum absolute atomic E-state index is 0.0734. The Morgan fingerprint density at radius 3 is 3.04 bits per heavy atom. The van der Waals surface area contributed by atoms with E-state index in [-0.39, 0.29) is 5.91 Å².